The van der Waals surface area contributed by atoms with Crippen molar-refractivity contribution in [2.24, 2.45) is 0 Å². The molecule has 1 atom stereocenters. The van der Waals surface area contributed by atoms with Crippen LogP contribution in [0.2, 0.25) is 0 Å². The number of ether oxygens (including phenoxy) is 1. The van der Waals surface area contributed by atoms with Crippen LogP contribution in [0.25, 0.3) is 0 Å². The zero-order valence-electron chi connectivity index (χ0n) is 10.8. The number of aliphatic hydroxyl groups excluding tert-OH is 2. The fourth-order valence-electron chi connectivity index (χ4n) is 1.32. The molecule has 0 aliphatic carbocycles. The van der Waals surface area contributed by atoms with Crippen LogP contribution in [0.3, 0.4) is 0 Å². The molecule has 1 aromatic rings. The normalized spacial score (nSPS) is 11.0. The van der Waals surface area contributed by atoms with Crippen LogP contribution >= 0.6 is 0 Å². The maximum Gasteiger partial charge on any atom is 0.346 e. The molecular weight excluding hydrogens is 304 g/mol. The summed E-state index contributed by atoms with van der Waals surface area (Å²) in [4.78, 5) is 44.5. The lowest BCUT2D eigenvalue weighted by atomic mass is 10.0. The highest BCUT2D eigenvalue weighted by atomic mass is 16.6. The van der Waals surface area contributed by atoms with Gasteiger partial charge in [-0.1, -0.05) is 0 Å². The SMILES string of the molecule is O.O=C(O)c1ccc(C(=O)OC(=O)C(O)CO)c(C(=O)O)c1. The molecule has 0 aromatic heterocycles. The summed E-state index contributed by atoms with van der Waals surface area (Å²) in [5.41, 5.74) is -1.61. The largest absolute Gasteiger partial charge is 0.478 e. The molecule has 10 nitrogen and oxygen atoms in total. The standard InChI is InChI=1S/C12H10O9.H2O/c13-4-8(14)12(20)21-11(19)6-2-1-5(9(15)16)3-7(6)10(17)18;/h1-3,8,13-14H,4H2,(H,15,16)(H,17,18);1H2. The number of aromatic carboxylic acids is 2. The van der Waals surface area contributed by atoms with E-state index in [9.17, 15) is 19.2 Å². The zero-order chi connectivity index (χ0) is 16.2. The number of carbonyl (C=O) groups is 4. The molecule has 6 N–H and O–H groups in total. The average molecular weight is 316 g/mol. The number of hydrogen-bond donors (Lipinski definition) is 4. The first kappa shape index (κ1) is 19.2. The van der Waals surface area contributed by atoms with Crippen LogP contribution in [0.4, 0.5) is 0 Å². The van der Waals surface area contributed by atoms with Gasteiger partial charge < -0.3 is 30.6 Å². The lowest BCUT2D eigenvalue weighted by molar-refractivity contribution is -0.149. The summed E-state index contributed by atoms with van der Waals surface area (Å²) < 4.78 is 4.18. The van der Waals surface area contributed by atoms with Gasteiger partial charge in [-0.15, -0.1) is 0 Å². The lowest BCUT2D eigenvalue weighted by Crippen LogP contribution is -2.29. The number of rotatable bonds is 5. The summed E-state index contributed by atoms with van der Waals surface area (Å²) in [6.45, 7) is -0.976. The van der Waals surface area contributed by atoms with Gasteiger partial charge in [0, 0.05) is 0 Å². The number of hydrogen-bond acceptors (Lipinski definition) is 7. The lowest BCUT2D eigenvalue weighted by Gasteiger charge is -2.08. The summed E-state index contributed by atoms with van der Waals surface area (Å²) in [6.07, 6.45) is -1.94. The number of carbonyl (C=O) groups excluding carboxylic acids is 2. The van der Waals surface area contributed by atoms with Crippen LogP contribution < -0.4 is 0 Å². The molecule has 1 aromatic carbocycles. The van der Waals surface area contributed by atoms with E-state index in [1.54, 1.807) is 0 Å². The Kier molecular flexibility index (Phi) is 6.83. The molecule has 120 valence electrons. The van der Waals surface area contributed by atoms with Crippen LogP contribution in [-0.2, 0) is 9.53 Å². The molecule has 0 spiro atoms. The Labute approximate surface area is 122 Å². The molecule has 0 radical (unpaired) electrons. The van der Waals surface area contributed by atoms with E-state index in [-0.39, 0.29) is 11.0 Å². The molecular formula is C12H12O10. The monoisotopic (exact) mass is 316 g/mol. The molecule has 1 rings (SSSR count). The summed E-state index contributed by atoms with van der Waals surface area (Å²) in [7, 11) is 0. The van der Waals surface area contributed by atoms with Crippen LogP contribution in [0.15, 0.2) is 18.2 Å². The van der Waals surface area contributed by atoms with E-state index < -0.39 is 47.7 Å². The van der Waals surface area contributed by atoms with E-state index in [2.05, 4.69) is 4.74 Å². The minimum absolute atomic E-state index is 0. The molecule has 0 amide bonds. The van der Waals surface area contributed by atoms with Gasteiger partial charge in [-0.2, -0.15) is 0 Å². The summed E-state index contributed by atoms with van der Waals surface area (Å²) in [5, 5.41) is 35.1. The Morgan fingerprint density at radius 1 is 1.05 bits per heavy atom. The third kappa shape index (κ3) is 4.34. The summed E-state index contributed by atoms with van der Waals surface area (Å²) in [5.74, 6) is -5.84. The highest BCUT2D eigenvalue weighted by Crippen LogP contribution is 2.14. The fourth-order valence-corrected chi connectivity index (χ4v) is 1.32. The van der Waals surface area contributed by atoms with Crippen molar-refractivity contribution in [2.45, 2.75) is 6.10 Å². The predicted molar refractivity (Wildman–Crippen MR) is 67.5 cm³/mol. The first-order valence-corrected chi connectivity index (χ1v) is 5.43. The van der Waals surface area contributed by atoms with Crippen molar-refractivity contribution in [1.29, 1.82) is 0 Å². The smallest absolute Gasteiger partial charge is 0.346 e. The maximum atomic E-state index is 11.6. The summed E-state index contributed by atoms with van der Waals surface area (Å²) >= 11 is 0. The second-order valence-corrected chi connectivity index (χ2v) is 3.78. The zero-order valence-corrected chi connectivity index (χ0v) is 10.8. The Morgan fingerprint density at radius 2 is 1.64 bits per heavy atom. The number of carboxylic acids is 2. The average Bonchev–Trinajstić information content (AvgIpc) is 2.45. The van der Waals surface area contributed by atoms with E-state index in [1.807, 2.05) is 0 Å². The van der Waals surface area contributed by atoms with E-state index in [4.69, 9.17) is 20.4 Å². The van der Waals surface area contributed by atoms with Crippen molar-refractivity contribution in [3.05, 3.63) is 34.9 Å². The van der Waals surface area contributed by atoms with Gasteiger partial charge in [-0.05, 0) is 18.2 Å². The molecule has 0 aliphatic rings. The Balaban J connectivity index is 0.00000441. The van der Waals surface area contributed by atoms with Crippen molar-refractivity contribution in [3.63, 3.8) is 0 Å². The highest BCUT2D eigenvalue weighted by Gasteiger charge is 2.24. The Bertz CT molecular complexity index is 606. The summed E-state index contributed by atoms with van der Waals surface area (Å²) in [6, 6.07) is 2.56. The van der Waals surface area contributed by atoms with Gasteiger partial charge in [0.1, 0.15) is 0 Å². The van der Waals surface area contributed by atoms with Gasteiger partial charge in [-0.3, -0.25) is 0 Å². The van der Waals surface area contributed by atoms with Crippen molar-refractivity contribution in [1.82, 2.24) is 0 Å². The molecule has 1 unspecified atom stereocenters. The quantitative estimate of drug-likeness (QED) is 0.362. The van der Waals surface area contributed by atoms with E-state index in [0.717, 1.165) is 18.2 Å². The minimum Gasteiger partial charge on any atom is -0.478 e. The molecule has 10 heteroatoms. The first-order valence-electron chi connectivity index (χ1n) is 5.43. The fraction of sp³-hybridized carbons (Fsp3) is 0.167. The molecule has 0 saturated carbocycles. The van der Waals surface area contributed by atoms with Crippen LogP contribution in [0, 0.1) is 0 Å². The Hall–Kier alpha value is -2.82. The molecule has 22 heavy (non-hydrogen) atoms. The molecule has 0 aliphatic heterocycles. The first-order chi connectivity index (χ1) is 9.77. The topological polar surface area (TPSA) is 190 Å². The van der Waals surface area contributed by atoms with E-state index >= 15 is 0 Å². The van der Waals surface area contributed by atoms with Gasteiger partial charge in [0.05, 0.1) is 23.3 Å². The van der Waals surface area contributed by atoms with Gasteiger partial charge in [0.2, 0.25) is 0 Å². The number of aliphatic hydroxyl groups is 2. The molecule has 0 saturated heterocycles. The third-order valence-electron chi connectivity index (χ3n) is 2.36. The van der Waals surface area contributed by atoms with Crippen molar-refractivity contribution < 1.29 is 49.8 Å². The second kappa shape index (κ2) is 7.83. The Morgan fingerprint density at radius 3 is 2.09 bits per heavy atom. The van der Waals surface area contributed by atoms with Gasteiger partial charge in [0.25, 0.3) is 0 Å². The van der Waals surface area contributed by atoms with Gasteiger partial charge in [-0.25, -0.2) is 19.2 Å². The van der Waals surface area contributed by atoms with Crippen LogP contribution in [0.5, 0.6) is 0 Å². The van der Waals surface area contributed by atoms with E-state index in [0.29, 0.717) is 0 Å². The molecule has 0 bridgehead atoms. The van der Waals surface area contributed by atoms with Crippen LogP contribution in [0.1, 0.15) is 31.1 Å². The van der Waals surface area contributed by atoms with Gasteiger partial charge >= 0.3 is 23.9 Å². The number of esters is 2. The number of benzene rings is 1. The molecule has 0 heterocycles. The highest BCUT2D eigenvalue weighted by molar-refractivity contribution is 6.07. The maximum absolute atomic E-state index is 11.6. The predicted octanol–water partition coefficient (Wildman–Crippen LogP) is -1.71. The van der Waals surface area contributed by atoms with Crippen molar-refractivity contribution in [2.75, 3.05) is 6.61 Å². The second-order valence-electron chi connectivity index (χ2n) is 3.78. The van der Waals surface area contributed by atoms with E-state index in [1.165, 1.54) is 0 Å². The van der Waals surface area contributed by atoms with Crippen LogP contribution in [-0.4, -0.2) is 62.5 Å². The molecule has 0 fully saturated rings. The minimum atomic E-state index is -1.94. The third-order valence-corrected chi connectivity index (χ3v) is 2.36. The van der Waals surface area contributed by atoms with Crippen molar-refractivity contribution >= 4 is 23.9 Å². The van der Waals surface area contributed by atoms with Gasteiger partial charge in [0.15, 0.2) is 6.10 Å². The number of carboxylic acid groups (broad SMARTS) is 2. The van der Waals surface area contributed by atoms with Crippen molar-refractivity contribution in [3.8, 4) is 0 Å².